The van der Waals surface area contributed by atoms with E-state index in [-0.39, 0.29) is 24.8 Å². The first-order valence-corrected chi connectivity index (χ1v) is 9.88. The predicted molar refractivity (Wildman–Crippen MR) is 116 cm³/mol. The van der Waals surface area contributed by atoms with E-state index in [0.717, 1.165) is 5.56 Å². The highest BCUT2D eigenvalue weighted by Crippen LogP contribution is 2.38. The molecule has 2 aromatic carbocycles. The number of carbonyl (C=O) groups excluding carboxylic acids is 2. The number of hydrogen-bond acceptors (Lipinski definition) is 5. The second-order valence-corrected chi connectivity index (χ2v) is 7.82. The molecular formula is C23H28N2O5. The zero-order valence-corrected chi connectivity index (χ0v) is 18.1. The van der Waals surface area contributed by atoms with Crippen LogP contribution < -0.4 is 24.4 Å². The number of rotatable bonds is 6. The molecule has 1 aliphatic rings. The number of carbonyl (C=O) groups is 2. The minimum Gasteiger partial charge on any atom is -0.493 e. The Morgan fingerprint density at radius 1 is 1.13 bits per heavy atom. The highest BCUT2D eigenvalue weighted by atomic mass is 16.5. The molecule has 0 radical (unpaired) electrons. The average molecular weight is 412 g/mol. The Morgan fingerprint density at radius 2 is 1.87 bits per heavy atom. The number of amides is 2. The van der Waals surface area contributed by atoms with Crippen molar-refractivity contribution in [2.75, 3.05) is 37.6 Å². The fourth-order valence-corrected chi connectivity index (χ4v) is 3.42. The smallest absolute Gasteiger partial charge is 0.236 e. The third kappa shape index (κ3) is 4.35. The SMILES string of the molecule is CCN1C(=O)C(C)(C)COc2cc(NC(=O)Cc3ccc(OC)c(OC)c3)ccc21. The van der Waals surface area contributed by atoms with Crippen LogP contribution in [0.1, 0.15) is 26.3 Å². The molecule has 0 spiro atoms. The summed E-state index contributed by atoms with van der Waals surface area (Å²) in [5, 5.41) is 2.90. The predicted octanol–water partition coefficient (Wildman–Crippen LogP) is 3.66. The van der Waals surface area contributed by atoms with Gasteiger partial charge in [-0.15, -0.1) is 0 Å². The number of ether oxygens (including phenoxy) is 3. The van der Waals surface area contributed by atoms with Gasteiger partial charge in [0.25, 0.3) is 0 Å². The molecule has 0 bridgehead atoms. The largest absolute Gasteiger partial charge is 0.493 e. The van der Waals surface area contributed by atoms with Crippen LogP contribution in [0.5, 0.6) is 17.2 Å². The maximum absolute atomic E-state index is 12.8. The van der Waals surface area contributed by atoms with E-state index in [0.29, 0.717) is 35.2 Å². The fraction of sp³-hybridized carbons (Fsp3) is 0.391. The molecule has 0 saturated heterocycles. The molecule has 3 rings (SSSR count). The third-order valence-corrected chi connectivity index (χ3v) is 5.08. The Balaban J connectivity index is 1.76. The summed E-state index contributed by atoms with van der Waals surface area (Å²) in [6, 6.07) is 10.7. The van der Waals surface area contributed by atoms with Crippen molar-refractivity contribution in [2.45, 2.75) is 27.2 Å². The number of nitrogens with one attached hydrogen (secondary N) is 1. The molecule has 1 N–H and O–H groups in total. The summed E-state index contributed by atoms with van der Waals surface area (Å²) in [6.45, 7) is 6.50. The summed E-state index contributed by atoms with van der Waals surface area (Å²) in [5.74, 6) is 1.63. The molecule has 2 aromatic rings. The lowest BCUT2D eigenvalue weighted by atomic mass is 9.93. The van der Waals surface area contributed by atoms with Crippen LogP contribution in [0.4, 0.5) is 11.4 Å². The van der Waals surface area contributed by atoms with Crippen LogP contribution in [0.3, 0.4) is 0 Å². The van der Waals surface area contributed by atoms with Crippen molar-refractivity contribution in [3.8, 4) is 17.2 Å². The van der Waals surface area contributed by atoms with Gasteiger partial charge in [-0.25, -0.2) is 0 Å². The molecule has 160 valence electrons. The second-order valence-electron chi connectivity index (χ2n) is 7.82. The van der Waals surface area contributed by atoms with Crippen LogP contribution in [-0.2, 0) is 16.0 Å². The van der Waals surface area contributed by atoms with Gasteiger partial charge in [-0.3, -0.25) is 9.59 Å². The Labute approximate surface area is 176 Å². The van der Waals surface area contributed by atoms with Gasteiger partial charge in [0.05, 0.1) is 31.7 Å². The minimum absolute atomic E-state index is 0.0222. The molecule has 0 atom stereocenters. The third-order valence-electron chi connectivity index (χ3n) is 5.08. The monoisotopic (exact) mass is 412 g/mol. The first-order chi connectivity index (χ1) is 14.3. The summed E-state index contributed by atoms with van der Waals surface area (Å²) in [6.07, 6.45) is 0.185. The van der Waals surface area contributed by atoms with Crippen molar-refractivity contribution >= 4 is 23.2 Å². The van der Waals surface area contributed by atoms with Gasteiger partial charge in [0.2, 0.25) is 11.8 Å². The van der Waals surface area contributed by atoms with Gasteiger partial charge in [0, 0.05) is 18.3 Å². The van der Waals surface area contributed by atoms with E-state index in [2.05, 4.69) is 5.32 Å². The normalized spacial score (nSPS) is 15.0. The van der Waals surface area contributed by atoms with E-state index >= 15 is 0 Å². The Bertz CT molecular complexity index is 955. The summed E-state index contributed by atoms with van der Waals surface area (Å²) < 4.78 is 16.4. The van der Waals surface area contributed by atoms with Gasteiger partial charge in [-0.1, -0.05) is 6.07 Å². The van der Waals surface area contributed by atoms with Crippen LogP contribution in [0.15, 0.2) is 36.4 Å². The summed E-state index contributed by atoms with van der Waals surface area (Å²) in [4.78, 5) is 27.1. The molecule has 30 heavy (non-hydrogen) atoms. The molecule has 0 saturated carbocycles. The van der Waals surface area contributed by atoms with Crippen molar-refractivity contribution in [1.82, 2.24) is 0 Å². The molecular weight excluding hydrogens is 384 g/mol. The van der Waals surface area contributed by atoms with Crippen LogP contribution in [-0.4, -0.2) is 39.2 Å². The molecule has 0 aliphatic carbocycles. The highest BCUT2D eigenvalue weighted by Gasteiger charge is 2.37. The van der Waals surface area contributed by atoms with E-state index in [1.807, 2.05) is 32.9 Å². The lowest BCUT2D eigenvalue weighted by molar-refractivity contribution is -0.127. The number of hydrogen-bond donors (Lipinski definition) is 1. The van der Waals surface area contributed by atoms with Crippen molar-refractivity contribution in [3.63, 3.8) is 0 Å². The molecule has 7 heteroatoms. The topological polar surface area (TPSA) is 77.1 Å². The van der Waals surface area contributed by atoms with Crippen molar-refractivity contribution in [1.29, 1.82) is 0 Å². The van der Waals surface area contributed by atoms with Gasteiger partial charge in [-0.05, 0) is 50.6 Å². The van der Waals surface area contributed by atoms with E-state index in [4.69, 9.17) is 14.2 Å². The summed E-state index contributed by atoms with van der Waals surface area (Å²) >= 11 is 0. The summed E-state index contributed by atoms with van der Waals surface area (Å²) in [7, 11) is 3.13. The van der Waals surface area contributed by atoms with E-state index in [1.165, 1.54) is 0 Å². The average Bonchev–Trinajstić information content (AvgIpc) is 2.82. The minimum atomic E-state index is -0.619. The Morgan fingerprint density at radius 3 is 2.53 bits per heavy atom. The zero-order chi connectivity index (χ0) is 21.9. The standard InChI is InChI=1S/C23H28N2O5/c1-6-25-17-9-8-16(13-19(17)30-14-23(2,3)22(25)27)24-21(26)12-15-7-10-18(28-4)20(11-15)29-5/h7-11,13H,6,12,14H2,1-5H3,(H,24,26). The quantitative estimate of drug-likeness (QED) is 0.784. The Kier molecular flexibility index (Phi) is 6.20. The number of nitrogens with zero attached hydrogens (tertiary/aromatic N) is 1. The maximum atomic E-state index is 12.8. The van der Waals surface area contributed by atoms with Crippen LogP contribution in [0.2, 0.25) is 0 Å². The van der Waals surface area contributed by atoms with Crippen LogP contribution in [0.25, 0.3) is 0 Å². The van der Waals surface area contributed by atoms with E-state index < -0.39 is 5.41 Å². The van der Waals surface area contributed by atoms with Crippen molar-refractivity contribution in [2.24, 2.45) is 5.41 Å². The number of anilines is 2. The van der Waals surface area contributed by atoms with Gasteiger partial charge in [0.1, 0.15) is 12.4 Å². The van der Waals surface area contributed by atoms with Gasteiger partial charge in [-0.2, -0.15) is 0 Å². The van der Waals surface area contributed by atoms with E-state index in [1.54, 1.807) is 43.4 Å². The number of benzene rings is 2. The lowest BCUT2D eigenvalue weighted by Gasteiger charge is -2.26. The molecule has 0 unspecified atom stereocenters. The lowest BCUT2D eigenvalue weighted by Crippen LogP contribution is -2.42. The van der Waals surface area contributed by atoms with Crippen molar-refractivity contribution < 1.29 is 23.8 Å². The van der Waals surface area contributed by atoms with Gasteiger partial charge in [0.15, 0.2) is 11.5 Å². The Hall–Kier alpha value is -3.22. The summed E-state index contributed by atoms with van der Waals surface area (Å²) in [5.41, 5.74) is 1.51. The molecule has 1 heterocycles. The van der Waals surface area contributed by atoms with E-state index in [9.17, 15) is 9.59 Å². The number of fused-ring (bicyclic) bond motifs is 1. The first kappa shape index (κ1) is 21.5. The van der Waals surface area contributed by atoms with Crippen LogP contribution >= 0.6 is 0 Å². The zero-order valence-electron chi connectivity index (χ0n) is 18.1. The van der Waals surface area contributed by atoms with Gasteiger partial charge < -0.3 is 24.4 Å². The number of methoxy groups -OCH3 is 2. The van der Waals surface area contributed by atoms with Crippen LogP contribution in [0, 0.1) is 5.41 Å². The molecule has 7 nitrogen and oxygen atoms in total. The maximum Gasteiger partial charge on any atom is 0.236 e. The van der Waals surface area contributed by atoms with Crippen molar-refractivity contribution in [3.05, 3.63) is 42.0 Å². The first-order valence-electron chi connectivity index (χ1n) is 9.88. The molecule has 1 aliphatic heterocycles. The van der Waals surface area contributed by atoms with Gasteiger partial charge >= 0.3 is 0 Å². The molecule has 2 amide bonds. The highest BCUT2D eigenvalue weighted by molar-refractivity contribution is 6.00. The molecule has 0 aromatic heterocycles. The fourth-order valence-electron chi connectivity index (χ4n) is 3.42. The molecule has 0 fully saturated rings. The second kappa shape index (κ2) is 8.65.